The lowest BCUT2D eigenvalue weighted by atomic mass is 10.0. The molecule has 1 N–H and O–H groups in total. The van der Waals surface area contributed by atoms with Crippen LogP contribution in [0.15, 0.2) is 29.3 Å². The van der Waals surface area contributed by atoms with Crippen molar-refractivity contribution in [1.82, 2.24) is 19.8 Å². The van der Waals surface area contributed by atoms with Gasteiger partial charge in [-0.3, -0.25) is 14.6 Å². The molecular formula is C17H22N4O2S. The zero-order chi connectivity index (χ0) is 17.1. The molecule has 0 bridgehead atoms. The highest BCUT2D eigenvalue weighted by molar-refractivity contribution is 7.09. The van der Waals surface area contributed by atoms with E-state index >= 15 is 0 Å². The maximum Gasteiger partial charge on any atom is 0.307 e. The molecule has 0 radical (unpaired) electrons. The molecule has 3 rings (SSSR count). The number of nitrogens with zero attached hydrogens (tertiary/aromatic N) is 3. The van der Waals surface area contributed by atoms with Gasteiger partial charge in [0.1, 0.15) is 0 Å². The molecule has 1 saturated heterocycles. The van der Waals surface area contributed by atoms with Gasteiger partial charge in [0.25, 0.3) is 0 Å². The SMILES string of the molecule is Cc1sc(=O)n(CCC(=O)N2CCNCC2c2cccnc2)c1C. The first-order valence-electron chi connectivity index (χ1n) is 8.15. The number of pyridine rings is 1. The first-order valence-corrected chi connectivity index (χ1v) is 8.96. The zero-order valence-corrected chi connectivity index (χ0v) is 14.8. The number of amides is 1. The van der Waals surface area contributed by atoms with E-state index in [0.717, 1.165) is 29.2 Å². The molecule has 1 atom stereocenters. The Morgan fingerprint density at radius 2 is 2.29 bits per heavy atom. The summed E-state index contributed by atoms with van der Waals surface area (Å²) in [4.78, 5) is 31.8. The van der Waals surface area contributed by atoms with Crippen molar-refractivity contribution < 1.29 is 4.79 Å². The molecule has 1 fully saturated rings. The summed E-state index contributed by atoms with van der Waals surface area (Å²) in [6.07, 6.45) is 3.89. The summed E-state index contributed by atoms with van der Waals surface area (Å²) in [5.74, 6) is 0.0838. The molecule has 0 saturated carbocycles. The van der Waals surface area contributed by atoms with Crippen molar-refractivity contribution in [3.63, 3.8) is 0 Å². The van der Waals surface area contributed by atoms with Crippen molar-refractivity contribution >= 4 is 17.2 Å². The minimum absolute atomic E-state index is 0.00183. The maximum atomic E-state index is 12.8. The molecule has 128 valence electrons. The van der Waals surface area contributed by atoms with Gasteiger partial charge < -0.3 is 14.8 Å². The highest BCUT2D eigenvalue weighted by Crippen LogP contribution is 2.22. The number of hydrogen-bond donors (Lipinski definition) is 1. The molecule has 1 aliphatic rings. The van der Waals surface area contributed by atoms with Crippen molar-refractivity contribution in [3.05, 3.63) is 50.3 Å². The third-order valence-corrected chi connectivity index (χ3v) is 5.55. The number of aromatic nitrogens is 2. The van der Waals surface area contributed by atoms with Crippen LogP contribution in [0, 0.1) is 13.8 Å². The number of nitrogens with one attached hydrogen (secondary N) is 1. The fourth-order valence-electron chi connectivity index (χ4n) is 3.07. The molecule has 1 amide bonds. The van der Waals surface area contributed by atoms with Crippen molar-refractivity contribution in [2.24, 2.45) is 0 Å². The fraction of sp³-hybridized carbons (Fsp3) is 0.471. The number of hydrogen-bond acceptors (Lipinski definition) is 5. The second kappa shape index (κ2) is 7.27. The number of carbonyl (C=O) groups is 1. The molecule has 1 unspecified atom stereocenters. The molecule has 7 heteroatoms. The zero-order valence-electron chi connectivity index (χ0n) is 14.0. The van der Waals surface area contributed by atoms with Crippen LogP contribution >= 0.6 is 11.3 Å². The summed E-state index contributed by atoms with van der Waals surface area (Å²) in [5.41, 5.74) is 2.00. The van der Waals surface area contributed by atoms with Crippen molar-refractivity contribution in [3.8, 4) is 0 Å². The molecule has 24 heavy (non-hydrogen) atoms. The Kier molecular flexibility index (Phi) is 5.11. The maximum absolute atomic E-state index is 12.8. The number of rotatable bonds is 4. The minimum Gasteiger partial charge on any atom is -0.333 e. The van der Waals surface area contributed by atoms with Gasteiger partial charge in [-0.25, -0.2) is 0 Å². The smallest absolute Gasteiger partial charge is 0.307 e. The van der Waals surface area contributed by atoms with E-state index in [0.29, 0.717) is 19.5 Å². The number of piperazine rings is 1. The lowest BCUT2D eigenvalue weighted by Gasteiger charge is -2.36. The quantitative estimate of drug-likeness (QED) is 0.911. The van der Waals surface area contributed by atoms with E-state index in [9.17, 15) is 9.59 Å². The van der Waals surface area contributed by atoms with Crippen LogP contribution in [0.4, 0.5) is 0 Å². The van der Waals surface area contributed by atoms with Crippen LogP contribution in [0.5, 0.6) is 0 Å². The summed E-state index contributed by atoms with van der Waals surface area (Å²) in [5, 5.41) is 3.34. The van der Waals surface area contributed by atoms with E-state index < -0.39 is 0 Å². The van der Waals surface area contributed by atoms with E-state index in [4.69, 9.17) is 0 Å². The predicted octanol–water partition coefficient (Wildman–Crippen LogP) is 1.48. The second-order valence-corrected chi connectivity index (χ2v) is 7.17. The number of carbonyl (C=O) groups excluding carboxylic acids is 1. The van der Waals surface area contributed by atoms with E-state index in [-0.39, 0.29) is 16.8 Å². The third-order valence-electron chi connectivity index (χ3n) is 4.56. The number of aryl methyl sites for hydroxylation is 1. The molecule has 1 aliphatic heterocycles. The largest absolute Gasteiger partial charge is 0.333 e. The number of thiazole rings is 1. The summed E-state index contributed by atoms with van der Waals surface area (Å²) in [6.45, 7) is 6.51. The Balaban J connectivity index is 1.72. The van der Waals surface area contributed by atoms with Crippen LogP contribution in [-0.4, -0.2) is 40.0 Å². The van der Waals surface area contributed by atoms with Crippen LogP contribution < -0.4 is 10.2 Å². The topological polar surface area (TPSA) is 67.2 Å². The molecule has 0 aliphatic carbocycles. The Labute approximate surface area is 145 Å². The molecule has 2 aromatic heterocycles. The fourth-order valence-corrected chi connectivity index (χ4v) is 3.93. The lowest BCUT2D eigenvalue weighted by Crippen LogP contribution is -2.49. The molecule has 6 nitrogen and oxygen atoms in total. The summed E-state index contributed by atoms with van der Waals surface area (Å²) < 4.78 is 1.71. The minimum atomic E-state index is 0.00183. The Bertz CT molecular complexity index is 769. The highest BCUT2D eigenvalue weighted by atomic mass is 32.1. The Hall–Kier alpha value is -1.99. The van der Waals surface area contributed by atoms with Crippen LogP contribution in [0.2, 0.25) is 0 Å². The van der Waals surface area contributed by atoms with Gasteiger partial charge in [0.05, 0.1) is 6.04 Å². The van der Waals surface area contributed by atoms with Gasteiger partial charge in [-0.05, 0) is 25.5 Å². The monoisotopic (exact) mass is 346 g/mol. The standard InChI is InChI=1S/C17H22N4O2S/c1-12-13(2)24-17(23)20(12)8-5-16(22)21-9-7-19-11-15(21)14-4-3-6-18-10-14/h3-4,6,10,15,19H,5,7-9,11H2,1-2H3. The normalized spacial score (nSPS) is 17.9. The highest BCUT2D eigenvalue weighted by Gasteiger charge is 2.27. The molecular weight excluding hydrogens is 324 g/mol. The predicted molar refractivity (Wildman–Crippen MR) is 94.2 cm³/mol. The molecule has 0 aromatic carbocycles. The summed E-state index contributed by atoms with van der Waals surface area (Å²) in [7, 11) is 0. The van der Waals surface area contributed by atoms with Crippen molar-refractivity contribution in [2.75, 3.05) is 19.6 Å². The molecule has 3 heterocycles. The van der Waals surface area contributed by atoms with Crippen molar-refractivity contribution in [2.45, 2.75) is 32.9 Å². The van der Waals surface area contributed by atoms with Crippen LogP contribution in [-0.2, 0) is 11.3 Å². The van der Waals surface area contributed by atoms with E-state index in [2.05, 4.69) is 10.3 Å². The second-order valence-electron chi connectivity index (χ2n) is 6.00. The van der Waals surface area contributed by atoms with E-state index in [1.54, 1.807) is 10.8 Å². The third kappa shape index (κ3) is 3.42. The molecule has 0 spiro atoms. The summed E-state index contributed by atoms with van der Waals surface area (Å²) in [6, 6.07) is 3.90. The Morgan fingerprint density at radius 1 is 1.46 bits per heavy atom. The summed E-state index contributed by atoms with van der Waals surface area (Å²) >= 11 is 1.24. The average molecular weight is 346 g/mol. The van der Waals surface area contributed by atoms with Gasteiger partial charge in [-0.2, -0.15) is 0 Å². The average Bonchev–Trinajstić information content (AvgIpc) is 2.85. The first kappa shape index (κ1) is 16.9. The molecule has 2 aromatic rings. The van der Waals surface area contributed by atoms with Crippen LogP contribution in [0.1, 0.15) is 28.6 Å². The first-order chi connectivity index (χ1) is 11.6. The lowest BCUT2D eigenvalue weighted by molar-refractivity contribution is -0.134. The van der Waals surface area contributed by atoms with Gasteiger partial charge in [0.15, 0.2) is 0 Å². The van der Waals surface area contributed by atoms with Gasteiger partial charge in [-0.15, -0.1) is 0 Å². The van der Waals surface area contributed by atoms with Gasteiger partial charge in [0.2, 0.25) is 5.91 Å². The van der Waals surface area contributed by atoms with E-state index in [1.165, 1.54) is 11.3 Å². The van der Waals surface area contributed by atoms with E-state index in [1.807, 2.05) is 37.1 Å². The van der Waals surface area contributed by atoms with Crippen LogP contribution in [0.25, 0.3) is 0 Å². The van der Waals surface area contributed by atoms with Gasteiger partial charge >= 0.3 is 4.87 Å². The van der Waals surface area contributed by atoms with Crippen LogP contribution in [0.3, 0.4) is 0 Å². The Morgan fingerprint density at radius 3 is 2.96 bits per heavy atom. The van der Waals surface area contributed by atoms with Gasteiger partial charge in [0, 0.05) is 55.6 Å². The van der Waals surface area contributed by atoms with Crippen molar-refractivity contribution in [1.29, 1.82) is 0 Å². The van der Waals surface area contributed by atoms with Gasteiger partial charge in [-0.1, -0.05) is 17.4 Å².